The lowest BCUT2D eigenvalue weighted by atomic mass is 9.47. The standard InChI is InChI=1S/C21H33NO/c1-13(22)17-6-7-18-16-5-4-14-12-15(23)8-10-20(14,2)19(16)9-11-21(17,18)3/h4,15-19,22-23H,5-12H2,1-3H3. The third-order valence-corrected chi connectivity index (χ3v) is 8.60. The van der Waals surface area contributed by atoms with Gasteiger partial charge < -0.3 is 10.5 Å². The Hall–Kier alpha value is -0.630. The first-order valence-electron chi connectivity index (χ1n) is 9.79. The summed E-state index contributed by atoms with van der Waals surface area (Å²) in [6.07, 6.45) is 12.0. The molecule has 0 aromatic rings. The van der Waals surface area contributed by atoms with Crippen molar-refractivity contribution in [2.45, 2.75) is 78.2 Å². The molecule has 2 nitrogen and oxygen atoms in total. The molecule has 2 heteroatoms. The Labute approximate surface area is 141 Å². The van der Waals surface area contributed by atoms with Crippen molar-refractivity contribution in [1.82, 2.24) is 0 Å². The molecule has 4 aliphatic carbocycles. The van der Waals surface area contributed by atoms with E-state index in [1.54, 1.807) is 5.57 Å². The van der Waals surface area contributed by atoms with Gasteiger partial charge >= 0.3 is 0 Å². The molecule has 7 unspecified atom stereocenters. The van der Waals surface area contributed by atoms with Crippen molar-refractivity contribution in [3.8, 4) is 0 Å². The molecule has 0 amide bonds. The first-order valence-corrected chi connectivity index (χ1v) is 9.79. The molecule has 3 fully saturated rings. The van der Waals surface area contributed by atoms with Gasteiger partial charge in [0, 0.05) is 11.6 Å². The van der Waals surface area contributed by atoms with Gasteiger partial charge in [-0.1, -0.05) is 25.5 Å². The van der Waals surface area contributed by atoms with Crippen LogP contribution in [0.15, 0.2) is 11.6 Å². The lowest BCUT2D eigenvalue weighted by Gasteiger charge is -2.58. The zero-order valence-corrected chi connectivity index (χ0v) is 15.1. The highest BCUT2D eigenvalue weighted by atomic mass is 16.3. The fourth-order valence-corrected chi connectivity index (χ4v) is 7.35. The van der Waals surface area contributed by atoms with Gasteiger partial charge in [0.15, 0.2) is 0 Å². The number of nitrogens with one attached hydrogen (secondary N) is 1. The minimum atomic E-state index is -0.101. The summed E-state index contributed by atoms with van der Waals surface area (Å²) < 4.78 is 0. The van der Waals surface area contributed by atoms with Gasteiger partial charge in [-0.3, -0.25) is 0 Å². The molecule has 4 aliphatic rings. The zero-order valence-electron chi connectivity index (χ0n) is 15.1. The second-order valence-corrected chi connectivity index (χ2v) is 9.51. The molecule has 23 heavy (non-hydrogen) atoms. The Bertz CT molecular complexity index is 552. The Balaban J connectivity index is 1.66. The van der Waals surface area contributed by atoms with Crippen LogP contribution < -0.4 is 0 Å². The molecule has 128 valence electrons. The summed E-state index contributed by atoms with van der Waals surface area (Å²) in [6, 6.07) is 0. The van der Waals surface area contributed by atoms with Crippen LogP contribution in [0.3, 0.4) is 0 Å². The van der Waals surface area contributed by atoms with E-state index in [4.69, 9.17) is 5.41 Å². The van der Waals surface area contributed by atoms with Gasteiger partial charge in [-0.25, -0.2) is 0 Å². The van der Waals surface area contributed by atoms with Crippen molar-refractivity contribution in [1.29, 1.82) is 5.41 Å². The second-order valence-electron chi connectivity index (χ2n) is 9.51. The van der Waals surface area contributed by atoms with Crippen LogP contribution in [-0.2, 0) is 0 Å². The maximum atomic E-state index is 10.1. The molecule has 0 aromatic carbocycles. The zero-order chi connectivity index (χ0) is 16.4. The Kier molecular flexibility index (Phi) is 3.58. The van der Waals surface area contributed by atoms with E-state index in [-0.39, 0.29) is 6.10 Å². The lowest BCUT2D eigenvalue weighted by molar-refractivity contribution is -0.0424. The predicted octanol–water partition coefficient (Wildman–Crippen LogP) is 4.97. The maximum absolute atomic E-state index is 10.1. The van der Waals surface area contributed by atoms with Crippen LogP contribution in [-0.4, -0.2) is 16.9 Å². The highest BCUT2D eigenvalue weighted by Crippen LogP contribution is 2.66. The molecule has 0 saturated heterocycles. The summed E-state index contributed by atoms with van der Waals surface area (Å²) in [7, 11) is 0. The van der Waals surface area contributed by atoms with Crippen LogP contribution >= 0.6 is 0 Å². The number of allylic oxidation sites excluding steroid dienone is 1. The predicted molar refractivity (Wildman–Crippen MR) is 94.6 cm³/mol. The largest absolute Gasteiger partial charge is 0.393 e. The monoisotopic (exact) mass is 315 g/mol. The second kappa shape index (κ2) is 5.18. The van der Waals surface area contributed by atoms with Gasteiger partial charge in [0.1, 0.15) is 0 Å². The first kappa shape index (κ1) is 15.9. The quantitative estimate of drug-likeness (QED) is 0.521. The van der Waals surface area contributed by atoms with Crippen LogP contribution in [0.4, 0.5) is 0 Å². The summed E-state index contributed by atoms with van der Waals surface area (Å²) in [6.45, 7) is 7.03. The fraction of sp³-hybridized carbons (Fsp3) is 0.857. The van der Waals surface area contributed by atoms with Gasteiger partial charge in [-0.05, 0) is 86.9 Å². The molecule has 7 atom stereocenters. The van der Waals surface area contributed by atoms with Crippen molar-refractivity contribution in [3.05, 3.63) is 11.6 Å². The number of rotatable bonds is 1. The molecule has 2 N–H and O–H groups in total. The van der Waals surface area contributed by atoms with Gasteiger partial charge in [0.2, 0.25) is 0 Å². The molecule has 0 heterocycles. The summed E-state index contributed by atoms with van der Waals surface area (Å²) in [5.41, 5.74) is 3.22. The highest BCUT2D eigenvalue weighted by Gasteiger charge is 2.58. The molecule has 0 bridgehead atoms. The highest BCUT2D eigenvalue weighted by molar-refractivity contribution is 5.82. The van der Waals surface area contributed by atoms with Crippen molar-refractivity contribution in [2.75, 3.05) is 0 Å². The van der Waals surface area contributed by atoms with Gasteiger partial charge in [-0.15, -0.1) is 0 Å². The van der Waals surface area contributed by atoms with Crippen LogP contribution in [0, 0.1) is 39.9 Å². The third-order valence-electron chi connectivity index (χ3n) is 8.60. The SMILES string of the molecule is CC(=N)C1CCC2C3CC=C4CC(O)CCC4(C)C3CCC12C. The third kappa shape index (κ3) is 2.13. The lowest BCUT2D eigenvalue weighted by Crippen LogP contribution is -2.50. The fourth-order valence-electron chi connectivity index (χ4n) is 7.35. The number of hydrogen-bond donors (Lipinski definition) is 2. The molecule has 0 aliphatic heterocycles. The van der Waals surface area contributed by atoms with Gasteiger partial charge in [0.05, 0.1) is 6.10 Å². The molecule has 0 spiro atoms. The van der Waals surface area contributed by atoms with E-state index in [2.05, 4.69) is 19.9 Å². The summed E-state index contributed by atoms with van der Waals surface area (Å²) in [5, 5.41) is 18.3. The Morgan fingerprint density at radius 1 is 1.13 bits per heavy atom. The summed E-state index contributed by atoms with van der Waals surface area (Å²) in [4.78, 5) is 0. The minimum Gasteiger partial charge on any atom is -0.393 e. The smallest absolute Gasteiger partial charge is 0.0577 e. The van der Waals surface area contributed by atoms with Crippen LogP contribution in [0.25, 0.3) is 0 Å². The molecular weight excluding hydrogens is 282 g/mol. The average molecular weight is 316 g/mol. The minimum absolute atomic E-state index is 0.101. The summed E-state index contributed by atoms with van der Waals surface area (Å²) in [5.74, 6) is 2.98. The van der Waals surface area contributed by atoms with E-state index in [1.807, 2.05) is 6.92 Å². The maximum Gasteiger partial charge on any atom is 0.0577 e. The molecule has 4 rings (SSSR count). The summed E-state index contributed by atoms with van der Waals surface area (Å²) >= 11 is 0. The van der Waals surface area contributed by atoms with Gasteiger partial charge in [0.25, 0.3) is 0 Å². The number of hydrogen-bond acceptors (Lipinski definition) is 2. The average Bonchev–Trinajstić information content (AvgIpc) is 2.85. The number of fused-ring (bicyclic) bond motifs is 5. The molecule has 0 aromatic heterocycles. The van der Waals surface area contributed by atoms with Crippen molar-refractivity contribution in [2.24, 2.45) is 34.5 Å². The molecule has 0 radical (unpaired) electrons. The Morgan fingerprint density at radius 3 is 2.65 bits per heavy atom. The number of aliphatic hydroxyl groups excluding tert-OH is 1. The van der Waals surface area contributed by atoms with Crippen LogP contribution in [0.2, 0.25) is 0 Å². The van der Waals surface area contributed by atoms with Gasteiger partial charge in [-0.2, -0.15) is 0 Å². The van der Waals surface area contributed by atoms with E-state index in [0.717, 1.165) is 36.3 Å². The van der Waals surface area contributed by atoms with E-state index in [9.17, 15) is 5.11 Å². The van der Waals surface area contributed by atoms with Crippen molar-refractivity contribution >= 4 is 5.71 Å². The van der Waals surface area contributed by atoms with Crippen molar-refractivity contribution in [3.63, 3.8) is 0 Å². The first-order chi connectivity index (χ1) is 10.9. The normalized spacial score (nSPS) is 52.2. The van der Waals surface area contributed by atoms with Crippen LogP contribution in [0.1, 0.15) is 72.1 Å². The molecule has 3 saturated carbocycles. The van der Waals surface area contributed by atoms with Crippen LogP contribution in [0.5, 0.6) is 0 Å². The van der Waals surface area contributed by atoms with E-state index in [1.165, 1.54) is 38.5 Å². The Morgan fingerprint density at radius 2 is 1.91 bits per heavy atom. The van der Waals surface area contributed by atoms with Crippen molar-refractivity contribution < 1.29 is 5.11 Å². The van der Waals surface area contributed by atoms with E-state index in [0.29, 0.717) is 16.7 Å². The molecular formula is C21H33NO. The number of aliphatic hydroxyl groups is 1. The van der Waals surface area contributed by atoms with E-state index < -0.39 is 0 Å². The van der Waals surface area contributed by atoms with E-state index >= 15 is 0 Å². The topological polar surface area (TPSA) is 44.1 Å².